The second kappa shape index (κ2) is 6.30. The Morgan fingerprint density at radius 1 is 1.68 bits per heavy atom. The zero-order valence-electron chi connectivity index (χ0n) is 12.2. The first-order valence-electron chi connectivity index (χ1n) is 7.15. The highest BCUT2D eigenvalue weighted by Crippen LogP contribution is 2.29. The lowest BCUT2D eigenvalue weighted by molar-refractivity contribution is 0.0824. The number of nitrogens with zero attached hydrogens (tertiary/aromatic N) is 3. The molecule has 2 aromatic rings. The Balaban J connectivity index is 1.74. The van der Waals surface area contributed by atoms with Crippen molar-refractivity contribution in [2.45, 2.75) is 32.0 Å². The maximum Gasteiger partial charge on any atom is 0.263 e. The molecule has 0 aliphatic carbocycles. The summed E-state index contributed by atoms with van der Waals surface area (Å²) in [6.07, 6.45) is 4.29. The molecule has 7 heteroatoms. The van der Waals surface area contributed by atoms with E-state index in [9.17, 15) is 4.79 Å². The van der Waals surface area contributed by atoms with Crippen LogP contribution in [0.3, 0.4) is 0 Å². The Morgan fingerprint density at radius 2 is 2.55 bits per heavy atom. The van der Waals surface area contributed by atoms with Crippen LogP contribution >= 0.6 is 11.3 Å². The predicted octanol–water partition coefficient (Wildman–Crippen LogP) is 2.10. The SMILES string of the molecule is CCn1cc([C@H]2OCC[C@@H]2NC(=O)c2sccc2C#N)cn1. The topological polar surface area (TPSA) is 79.9 Å². The van der Waals surface area contributed by atoms with Crippen molar-refractivity contribution in [2.24, 2.45) is 0 Å². The van der Waals surface area contributed by atoms with Gasteiger partial charge < -0.3 is 10.1 Å². The van der Waals surface area contributed by atoms with Gasteiger partial charge in [-0.3, -0.25) is 9.48 Å². The van der Waals surface area contributed by atoms with E-state index in [1.165, 1.54) is 11.3 Å². The van der Waals surface area contributed by atoms with Crippen molar-refractivity contribution in [3.63, 3.8) is 0 Å². The molecule has 3 rings (SSSR count). The Morgan fingerprint density at radius 3 is 3.27 bits per heavy atom. The molecule has 1 aliphatic heterocycles. The lowest BCUT2D eigenvalue weighted by Gasteiger charge is -2.18. The number of carbonyl (C=O) groups is 1. The lowest BCUT2D eigenvalue weighted by atomic mass is 10.1. The Kier molecular flexibility index (Phi) is 4.22. The number of nitrogens with one attached hydrogen (secondary N) is 1. The fourth-order valence-electron chi connectivity index (χ4n) is 2.57. The third kappa shape index (κ3) is 2.75. The maximum absolute atomic E-state index is 12.4. The van der Waals surface area contributed by atoms with Gasteiger partial charge in [-0.1, -0.05) is 0 Å². The summed E-state index contributed by atoms with van der Waals surface area (Å²) in [5.41, 5.74) is 1.38. The molecule has 0 saturated carbocycles. The third-order valence-corrected chi connectivity index (χ3v) is 4.62. The molecule has 22 heavy (non-hydrogen) atoms. The van der Waals surface area contributed by atoms with Crippen LogP contribution in [0.5, 0.6) is 0 Å². The monoisotopic (exact) mass is 316 g/mol. The van der Waals surface area contributed by atoms with Gasteiger partial charge in [-0.15, -0.1) is 11.3 Å². The molecule has 1 saturated heterocycles. The number of nitriles is 1. The molecule has 1 N–H and O–H groups in total. The van der Waals surface area contributed by atoms with Gasteiger partial charge >= 0.3 is 0 Å². The van der Waals surface area contributed by atoms with Crippen LogP contribution in [-0.4, -0.2) is 28.3 Å². The molecule has 0 radical (unpaired) electrons. The minimum Gasteiger partial charge on any atom is -0.371 e. The van der Waals surface area contributed by atoms with E-state index in [-0.39, 0.29) is 18.1 Å². The van der Waals surface area contributed by atoms with Crippen LogP contribution in [0, 0.1) is 11.3 Å². The molecule has 3 heterocycles. The number of aryl methyl sites for hydroxylation is 1. The fourth-order valence-corrected chi connectivity index (χ4v) is 3.32. The van der Waals surface area contributed by atoms with Crippen LogP contribution in [0.4, 0.5) is 0 Å². The first kappa shape index (κ1) is 14.8. The number of amides is 1. The molecule has 0 aromatic carbocycles. The summed E-state index contributed by atoms with van der Waals surface area (Å²) in [5.74, 6) is -0.213. The molecule has 1 fully saturated rings. The molecule has 1 amide bonds. The molecule has 1 aliphatic rings. The summed E-state index contributed by atoms with van der Waals surface area (Å²) in [6.45, 7) is 3.42. The van der Waals surface area contributed by atoms with Crippen molar-refractivity contribution >= 4 is 17.2 Å². The maximum atomic E-state index is 12.4. The van der Waals surface area contributed by atoms with Crippen molar-refractivity contribution in [3.8, 4) is 6.07 Å². The molecular formula is C15H16N4O2S. The number of hydrogen-bond donors (Lipinski definition) is 1. The summed E-state index contributed by atoms with van der Waals surface area (Å²) >= 11 is 1.28. The standard InChI is InChI=1S/C15H16N4O2S/c1-2-19-9-11(8-17-19)13-12(3-5-21-13)18-15(20)14-10(7-16)4-6-22-14/h4,6,8-9,12-13H,2-3,5H2,1H3,(H,18,20)/t12-,13+/m0/s1. The molecule has 0 spiro atoms. The molecule has 114 valence electrons. The van der Waals surface area contributed by atoms with Crippen LogP contribution in [-0.2, 0) is 11.3 Å². The van der Waals surface area contributed by atoms with E-state index in [0.29, 0.717) is 17.0 Å². The van der Waals surface area contributed by atoms with Crippen molar-refractivity contribution in [3.05, 3.63) is 39.8 Å². The van der Waals surface area contributed by atoms with Gasteiger partial charge in [0, 0.05) is 24.9 Å². The largest absolute Gasteiger partial charge is 0.371 e. The van der Waals surface area contributed by atoms with Gasteiger partial charge in [-0.25, -0.2) is 0 Å². The Hall–Kier alpha value is -2.17. The second-order valence-electron chi connectivity index (χ2n) is 5.06. The smallest absolute Gasteiger partial charge is 0.263 e. The van der Waals surface area contributed by atoms with E-state index in [1.54, 1.807) is 17.6 Å². The predicted molar refractivity (Wildman–Crippen MR) is 81.5 cm³/mol. The van der Waals surface area contributed by atoms with Crippen LogP contribution < -0.4 is 5.32 Å². The van der Waals surface area contributed by atoms with Gasteiger partial charge in [0.2, 0.25) is 0 Å². The van der Waals surface area contributed by atoms with Gasteiger partial charge in [-0.2, -0.15) is 10.4 Å². The van der Waals surface area contributed by atoms with Crippen LogP contribution in [0.2, 0.25) is 0 Å². The summed E-state index contributed by atoms with van der Waals surface area (Å²) in [4.78, 5) is 12.8. The average molecular weight is 316 g/mol. The molecule has 2 aromatic heterocycles. The van der Waals surface area contributed by atoms with Gasteiger partial charge in [0.05, 0.1) is 17.8 Å². The molecular weight excluding hydrogens is 300 g/mol. The highest BCUT2D eigenvalue weighted by molar-refractivity contribution is 7.12. The third-order valence-electron chi connectivity index (χ3n) is 3.71. The molecule has 0 unspecified atom stereocenters. The normalized spacial score (nSPS) is 20.7. The van der Waals surface area contributed by atoms with Gasteiger partial charge in [-0.05, 0) is 24.8 Å². The highest BCUT2D eigenvalue weighted by Gasteiger charge is 2.32. The van der Waals surface area contributed by atoms with E-state index in [0.717, 1.165) is 18.5 Å². The molecule has 6 nitrogen and oxygen atoms in total. The van der Waals surface area contributed by atoms with E-state index >= 15 is 0 Å². The van der Waals surface area contributed by atoms with Crippen LogP contribution in [0.25, 0.3) is 0 Å². The first-order valence-corrected chi connectivity index (χ1v) is 8.03. The van der Waals surface area contributed by atoms with Crippen molar-refractivity contribution in [1.29, 1.82) is 5.26 Å². The minimum atomic E-state index is -0.213. The van der Waals surface area contributed by atoms with Crippen LogP contribution in [0.15, 0.2) is 23.8 Å². The second-order valence-corrected chi connectivity index (χ2v) is 5.98. The summed E-state index contributed by atoms with van der Waals surface area (Å²) in [5, 5.41) is 18.0. The molecule has 0 bridgehead atoms. The minimum absolute atomic E-state index is 0.101. The van der Waals surface area contributed by atoms with E-state index < -0.39 is 0 Å². The summed E-state index contributed by atoms with van der Waals surface area (Å²) in [6, 6.07) is 3.60. The van der Waals surface area contributed by atoms with Crippen molar-refractivity contribution in [2.75, 3.05) is 6.61 Å². The summed E-state index contributed by atoms with van der Waals surface area (Å²) < 4.78 is 7.59. The number of aromatic nitrogens is 2. The van der Waals surface area contributed by atoms with E-state index in [4.69, 9.17) is 10.00 Å². The average Bonchev–Trinajstić information content (AvgIpc) is 3.26. The molecule has 2 atom stereocenters. The number of rotatable bonds is 4. The fraction of sp³-hybridized carbons (Fsp3) is 0.400. The van der Waals surface area contributed by atoms with Crippen LogP contribution in [0.1, 0.15) is 40.2 Å². The van der Waals surface area contributed by atoms with Gasteiger partial charge in [0.25, 0.3) is 5.91 Å². The number of hydrogen-bond acceptors (Lipinski definition) is 5. The first-order chi connectivity index (χ1) is 10.7. The lowest BCUT2D eigenvalue weighted by Crippen LogP contribution is -2.36. The zero-order chi connectivity index (χ0) is 15.5. The number of thiophene rings is 1. The number of ether oxygens (including phenoxy) is 1. The van der Waals surface area contributed by atoms with E-state index in [2.05, 4.69) is 10.4 Å². The Bertz CT molecular complexity index is 715. The van der Waals surface area contributed by atoms with Gasteiger partial charge in [0.1, 0.15) is 17.1 Å². The quantitative estimate of drug-likeness (QED) is 0.936. The van der Waals surface area contributed by atoms with E-state index in [1.807, 2.05) is 23.9 Å². The highest BCUT2D eigenvalue weighted by atomic mass is 32.1. The summed E-state index contributed by atoms with van der Waals surface area (Å²) in [7, 11) is 0. The Labute approximate surface area is 132 Å². The van der Waals surface area contributed by atoms with Gasteiger partial charge in [0.15, 0.2) is 0 Å². The van der Waals surface area contributed by atoms with Crippen molar-refractivity contribution in [1.82, 2.24) is 15.1 Å². The zero-order valence-corrected chi connectivity index (χ0v) is 13.0. The van der Waals surface area contributed by atoms with Crippen molar-refractivity contribution < 1.29 is 9.53 Å². The number of carbonyl (C=O) groups excluding carboxylic acids is 1.